The minimum Gasteiger partial charge on any atom is -0.356 e. The predicted molar refractivity (Wildman–Crippen MR) is 59.2 cm³/mol. The second-order valence-electron chi connectivity index (χ2n) is 3.79. The van der Waals surface area contributed by atoms with E-state index >= 15 is 0 Å². The molecule has 15 heavy (non-hydrogen) atoms. The lowest BCUT2D eigenvalue weighted by Gasteiger charge is -2.22. The molecule has 0 radical (unpaired) electrons. The number of nitrogens with zero attached hydrogens (tertiary/aromatic N) is 1. The topological polar surface area (TPSA) is 48.1 Å². The Morgan fingerprint density at radius 3 is 3.00 bits per heavy atom. The fourth-order valence-electron chi connectivity index (χ4n) is 1.82. The number of hydrogen-bond donors (Lipinski definition) is 2. The molecule has 4 nitrogen and oxygen atoms in total. The first kappa shape index (κ1) is 10.5. The summed E-state index contributed by atoms with van der Waals surface area (Å²) in [7, 11) is 1.83. The van der Waals surface area contributed by atoms with Crippen molar-refractivity contribution in [3.8, 4) is 0 Å². The second-order valence-corrected chi connectivity index (χ2v) is 4.23. The third-order valence-electron chi connectivity index (χ3n) is 2.78. The van der Waals surface area contributed by atoms with E-state index in [9.17, 15) is 4.79 Å². The van der Waals surface area contributed by atoms with Crippen LogP contribution in [0.25, 0.3) is 0 Å². The quantitative estimate of drug-likeness (QED) is 0.795. The van der Waals surface area contributed by atoms with E-state index in [0.29, 0.717) is 16.8 Å². The Morgan fingerprint density at radius 1 is 1.67 bits per heavy atom. The number of rotatable bonds is 2. The summed E-state index contributed by atoms with van der Waals surface area (Å²) in [4.78, 5) is 16.6. The lowest BCUT2D eigenvalue weighted by Crippen LogP contribution is -2.38. The van der Waals surface area contributed by atoms with Crippen LogP contribution in [0.3, 0.4) is 0 Å². The number of nitrogens with one attached hydrogen (secondary N) is 2. The highest BCUT2D eigenvalue weighted by molar-refractivity contribution is 6.30. The first-order valence-electron chi connectivity index (χ1n) is 5.00. The highest BCUT2D eigenvalue weighted by atomic mass is 35.5. The van der Waals surface area contributed by atoms with Crippen LogP contribution in [0.1, 0.15) is 16.9 Å². The smallest absolute Gasteiger partial charge is 0.270 e. The van der Waals surface area contributed by atoms with Crippen LogP contribution >= 0.6 is 11.6 Å². The summed E-state index contributed by atoms with van der Waals surface area (Å²) in [6.07, 6.45) is 2.63. The number of likely N-dealkylation sites (N-methyl/N-ethyl adjacent to an activating group) is 1. The lowest BCUT2D eigenvalue weighted by molar-refractivity contribution is 0.0738. The van der Waals surface area contributed by atoms with Crippen LogP contribution in [0.5, 0.6) is 0 Å². The summed E-state index contributed by atoms with van der Waals surface area (Å²) in [5.41, 5.74) is 0.550. The van der Waals surface area contributed by atoms with Crippen molar-refractivity contribution in [2.75, 3.05) is 20.1 Å². The third-order valence-corrected chi connectivity index (χ3v) is 3.00. The molecule has 1 unspecified atom stereocenters. The number of hydrogen-bond acceptors (Lipinski definition) is 2. The van der Waals surface area contributed by atoms with E-state index < -0.39 is 0 Å². The van der Waals surface area contributed by atoms with Crippen LogP contribution < -0.4 is 5.32 Å². The predicted octanol–water partition coefficient (Wildman–Crippen LogP) is 1.10. The minimum atomic E-state index is -0.00407. The van der Waals surface area contributed by atoms with Crippen LogP contribution in [-0.4, -0.2) is 42.0 Å². The average Bonchev–Trinajstić information content (AvgIpc) is 2.85. The van der Waals surface area contributed by atoms with Gasteiger partial charge in [0, 0.05) is 25.8 Å². The molecule has 1 aliphatic rings. The molecule has 5 heteroatoms. The van der Waals surface area contributed by atoms with Crippen molar-refractivity contribution in [3.05, 3.63) is 23.0 Å². The highest BCUT2D eigenvalue weighted by Gasteiger charge is 2.24. The van der Waals surface area contributed by atoms with Gasteiger partial charge in [0.1, 0.15) is 5.69 Å². The Labute approximate surface area is 93.6 Å². The molecule has 2 heterocycles. The molecular formula is C10H14ClN3O. The third kappa shape index (κ3) is 2.16. The van der Waals surface area contributed by atoms with Crippen LogP contribution in [0, 0.1) is 0 Å². The lowest BCUT2D eigenvalue weighted by atomic mass is 10.2. The van der Waals surface area contributed by atoms with Gasteiger partial charge in [-0.2, -0.15) is 0 Å². The maximum atomic E-state index is 12.0. The van der Waals surface area contributed by atoms with E-state index in [1.54, 1.807) is 17.2 Å². The number of carbonyl (C=O) groups excluding carboxylic acids is 1. The molecule has 1 aromatic rings. The van der Waals surface area contributed by atoms with Gasteiger partial charge in [-0.25, -0.2) is 0 Å². The van der Waals surface area contributed by atoms with Gasteiger partial charge in [0.15, 0.2) is 0 Å². The molecule has 82 valence electrons. The zero-order chi connectivity index (χ0) is 10.8. The largest absolute Gasteiger partial charge is 0.356 e. The van der Waals surface area contributed by atoms with E-state index in [0.717, 1.165) is 19.5 Å². The van der Waals surface area contributed by atoms with E-state index in [-0.39, 0.29) is 5.91 Å². The molecule has 1 aromatic heterocycles. The van der Waals surface area contributed by atoms with Crippen LogP contribution in [0.15, 0.2) is 12.3 Å². The Morgan fingerprint density at radius 2 is 2.47 bits per heavy atom. The summed E-state index contributed by atoms with van der Waals surface area (Å²) in [5.74, 6) is -0.00407. The zero-order valence-electron chi connectivity index (χ0n) is 8.59. The zero-order valence-corrected chi connectivity index (χ0v) is 9.34. The second kappa shape index (κ2) is 4.24. The van der Waals surface area contributed by atoms with Crippen LogP contribution in [0.2, 0.25) is 5.02 Å². The summed E-state index contributed by atoms with van der Waals surface area (Å²) in [5, 5.41) is 3.80. The number of H-pyrrole nitrogens is 1. The van der Waals surface area contributed by atoms with Crippen molar-refractivity contribution >= 4 is 17.5 Å². The number of amides is 1. The molecule has 0 bridgehead atoms. The maximum Gasteiger partial charge on any atom is 0.270 e. The molecule has 1 amide bonds. The van der Waals surface area contributed by atoms with Gasteiger partial charge < -0.3 is 15.2 Å². The fraction of sp³-hybridized carbons (Fsp3) is 0.500. The van der Waals surface area contributed by atoms with Crippen molar-refractivity contribution in [1.82, 2.24) is 15.2 Å². The molecule has 0 aromatic carbocycles. The number of aromatic nitrogens is 1. The normalized spacial score (nSPS) is 20.5. The Hall–Kier alpha value is -1.00. The standard InChI is InChI=1S/C10H14ClN3O/c1-14(8-2-3-12-6-8)10(15)9-4-7(11)5-13-9/h4-5,8,12-13H,2-3,6H2,1H3. The summed E-state index contributed by atoms with van der Waals surface area (Å²) >= 11 is 5.75. The fourth-order valence-corrected chi connectivity index (χ4v) is 1.98. The molecule has 1 saturated heterocycles. The summed E-state index contributed by atoms with van der Waals surface area (Å²) < 4.78 is 0. The van der Waals surface area contributed by atoms with Crippen molar-refractivity contribution in [2.24, 2.45) is 0 Å². The summed E-state index contributed by atoms with van der Waals surface area (Å²) in [6, 6.07) is 1.95. The molecule has 0 aliphatic carbocycles. The van der Waals surface area contributed by atoms with E-state index in [4.69, 9.17) is 11.6 Å². The maximum absolute atomic E-state index is 12.0. The van der Waals surface area contributed by atoms with Gasteiger partial charge in [0.2, 0.25) is 0 Å². The Bertz CT molecular complexity index is 357. The monoisotopic (exact) mass is 227 g/mol. The molecule has 0 saturated carbocycles. The van der Waals surface area contributed by atoms with E-state index in [1.165, 1.54) is 0 Å². The number of aromatic amines is 1. The molecule has 2 rings (SSSR count). The SMILES string of the molecule is CN(C(=O)c1cc(Cl)c[nH]1)C1CCNC1. The average molecular weight is 228 g/mol. The summed E-state index contributed by atoms with van der Waals surface area (Å²) in [6.45, 7) is 1.85. The molecule has 2 N–H and O–H groups in total. The van der Waals surface area contributed by atoms with E-state index in [2.05, 4.69) is 10.3 Å². The van der Waals surface area contributed by atoms with Gasteiger partial charge >= 0.3 is 0 Å². The van der Waals surface area contributed by atoms with Crippen molar-refractivity contribution < 1.29 is 4.79 Å². The first-order valence-corrected chi connectivity index (χ1v) is 5.38. The van der Waals surface area contributed by atoms with Gasteiger partial charge in [-0.05, 0) is 19.0 Å². The van der Waals surface area contributed by atoms with Gasteiger partial charge in [-0.15, -0.1) is 0 Å². The molecule has 0 spiro atoms. The Balaban J connectivity index is 2.06. The molecule has 1 fully saturated rings. The van der Waals surface area contributed by atoms with Crippen molar-refractivity contribution in [1.29, 1.82) is 0 Å². The van der Waals surface area contributed by atoms with Crippen molar-refractivity contribution in [3.63, 3.8) is 0 Å². The van der Waals surface area contributed by atoms with Gasteiger partial charge in [-0.1, -0.05) is 11.6 Å². The van der Waals surface area contributed by atoms with Gasteiger partial charge in [0.25, 0.3) is 5.91 Å². The molecular weight excluding hydrogens is 214 g/mol. The Kier molecular flexibility index (Phi) is 2.98. The highest BCUT2D eigenvalue weighted by Crippen LogP contribution is 2.14. The van der Waals surface area contributed by atoms with Crippen LogP contribution in [0.4, 0.5) is 0 Å². The number of halogens is 1. The molecule has 1 atom stereocenters. The van der Waals surface area contributed by atoms with Gasteiger partial charge in [-0.3, -0.25) is 4.79 Å². The minimum absolute atomic E-state index is 0.00407. The first-order chi connectivity index (χ1) is 7.18. The molecule has 1 aliphatic heterocycles. The van der Waals surface area contributed by atoms with Gasteiger partial charge in [0.05, 0.1) is 5.02 Å². The van der Waals surface area contributed by atoms with Crippen LogP contribution in [-0.2, 0) is 0 Å². The van der Waals surface area contributed by atoms with Crippen molar-refractivity contribution in [2.45, 2.75) is 12.5 Å². The number of carbonyl (C=O) groups is 1. The van der Waals surface area contributed by atoms with E-state index in [1.807, 2.05) is 7.05 Å².